The van der Waals surface area contributed by atoms with E-state index in [0.717, 1.165) is 23.5 Å². The Morgan fingerprint density at radius 2 is 1.78 bits per heavy atom. The van der Waals surface area contributed by atoms with Crippen molar-refractivity contribution in [2.24, 2.45) is 0 Å². The molecule has 1 aromatic rings. The van der Waals surface area contributed by atoms with Gasteiger partial charge in [0, 0.05) is 0 Å². The average molecular weight is 248 g/mol. The Morgan fingerprint density at radius 3 is 2.44 bits per heavy atom. The monoisotopic (exact) mass is 248 g/mol. The van der Waals surface area contributed by atoms with Crippen LogP contribution in [0.25, 0.3) is 6.08 Å². The van der Waals surface area contributed by atoms with E-state index < -0.39 is 0 Å². The van der Waals surface area contributed by atoms with Crippen molar-refractivity contribution < 1.29 is 9.47 Å². The molecule has 0 fully saturated rings. The van der Waals surface area contributed by atoms with Crippen LogP contribution in [-0.2, 0) is 0 Å². The van der Waals surface area contributed by atoms with Crippen molar-refractivity contribution in [1.29, 1.82) is 0 Å². The number of rotatable bonds is 8. The van der Waals surface area contributed by atoms with Crippen LogP contribution in [0.1, 0.15) is 44.6 Å². The third kappa shape index (κ3) is 4.82. The molecule has 2 nitrogen and oxygen atoms in total. The van der Waals surface area contributed by atoms with Gasteiger partial charge in [0.1, 0.15) is 0 Å². The molecule has 0 aromatic heterocycles. The van der Waals surface area contributed by atoms with E-state index in [-0.39, 0.29) is 0 Å². The van der Waals surface area contributed by atoms with Crippen LogP contribution < -0.4 is 9.47 Å². The lowest BCUT2D eigenvalue weighted by Crippen LogP contribution is -1.90. The van der Waals surface area contributed by atoms with E-state index in [9.17, 15) is 0 Å². The second-order valence-corrected chi connectivity index (χ2v) is 4.37. The maximum atomic E-state index is 5.28. The number of hydrogen-bond donors (Lipinski definition) is 0. The maximum absolute atomic E-state index is 5.28. The minimum Gasteiger partial charge on any atom is -0.493 e. The molecule has 0 saturated heterocycles. The summed E-state index contributed by atoms with van der Waals surface area (Å²) in [7, 11) is 3.32. The average Bonchev–Trinajstić information content (AvgIpc) is 2.42. The van der Waals surface area contributed by atoms with Crippen LogP contribution in [0.2, 0.25) is 0 Å². The molecule has 0 N–H and O–H groups in total. The second-order valence-electron chi connectivity index (χ2n) is 4.37. The van der Waals surface area contributed by atoms with Gasteiger partial charge in [-0.1, -0.05) is 44.4 Å². The fraction of sp³-hybridized carbons (Fsp3) is 0.500. The third-order valence-electron chi connectivity index (χ3n) is 2.94. The standard InChI is InChI=1S/C16H24O2/c1-4-5-6-7-8-9-10-14-11-12-15(17-2)16(13-14)18-3/h9-13H,4-8H2,1-3H3/b10-9+. The topological polar surface area (TPSA) is 18.5 Å². The summed E-state index contributed by atoms with van der Waals surface area (Å²) < 4.78 is 10.5. The highest BCUT2D eigenvalue weighted by atomic mass is 16.5. The lowest BCUT2D eigenvalue weighted by Gasteiger charge is -2.07. The highest BCUT2D eigenvalue weighted by molar-refractivity contribution is 5.55. The number of allylic oxidation sites excluding steroid dienone is 1. The highest BCUT2D eigenvalue weighted by Crippen LogP contribution is 2.28. The predicted octanol–water partition coefficient (Wildman–Crippen LogP) is 4.69. The molecule has 0 atom stereocenters. The van der Waals surface area contributed by atoms with Gasteiger partial charge in [-0.25, -0.2) is 0 Å². The Balaban J connectivity index is 2.49. The number of ether oxygens (including phenoxy) is 2. The summed E-state index contributed by atoms with van der Waals surface area (Å²) in [5, 5.41) is 0. The van der Waals surface area contributed by atoms with Gasteiger partial charge in [-0.2, -0.15) is 0 Å². The first kappa shape index (κ1) is 14.6. The van der Waals surface area contributed by atoms with Gasteiger partial charge in [0.2, 0.25) is 0 Å². The van der Waals surface area contributed by atoms with Gasteiger partial charge in [0.15, 0.2) is 11.5 Å². The van der Waals surface area contributed by atoms with E-state index in [0.29, 0.717) is 0 Å². The summed E-state index contributed by atoms with van der Waals surface area (Å²) in [6.45, 7) is 2.24. The van der Waals surface area contributed by atoms with Crippen LogP contribution in [0.15, 0.2) is 24.3 Å². The molecular weight excluding hydrogens is 224 g/mol. The molecule has 0 aliphatic rings. The first-order valence-corrected chi connectivity index (χ1v) is 6.70. The van der Waals surface area contributed by atoms with Crippen LogP contribution in [0.3, 0.4) is 0 Å². The Kier molecular flexibility index (Phi) is 7.00. The Bertz CT molecular complexity index is 369. The van der Waals surface area contributed by atoms with E-state index in [1.165, 1.54) is 25.7 Å². The fourth-order valence-electron chi connectivity index (χ4n) is 1.86. The van der Waals surface area contributed by atoms with Gasteiger partial charge in [-0.05, 0) is 30.5 Å². The molecule has 0 radical (unpaired) electrons. The molecule has 0 heterocycles. The number of unbranched alkanes of at least 4 members (excludes halogenated alkanes) is 4. The van der Waals surface area contributed by atoms with Gasteiger partial charge in [-0.15, -0.1) is 0 Å². The lowest BCUT2D eigenvalue weighted by atomic mass is 10.1. The molecular formula is C16H24O2. The molecule has 1 rings (SSSR count). The largest absolute Gasteiger partial charge is 0.493 e. The van der Waals surface area contributed by atoms with Crippen molar-refractivity contribution in [1.82, 2.24) is 0 Å². The summed E-state index contributed by atoms with van der Waals surface area (Å²) in [4.78, 5) is 0. The van der Waals surface area contributed by atoms with Crippen molar-refractivity contribution in [2.75, 3.05) is 14.2 Å². The van der Waals surface area contributed by atoms with Gasteiger partial charge >= 0.3 is 0 Å². The van der Waals surface area contributed by atoms with Gasteiger partial charge in [0.05, 0.1) is 14.2 Å². The smallest absolute Gasteiger partial charge is 0.161 e. The van der Waals surface area contributed by atoms with Crippen LogP contribution in [0.5, 0.6) is 11.5 Å². The van der Waals surface area contributed by atoms with Crippen LogP contribution >= 0.6 is 0 Å². The molecule has 0 unspecified atom stereocenters. The highest BCUT2D eigenvalue weighted by Gasteiger charge is 2.02. The van der Waals surface area contributed by atoms with Crippen LogP contribution in [-0.4, -0.2) is 14.2 Å². The third-order valence-corrected chi connectivity index (χ3v) is 2.94. The lowest BCUT2D eigenvalue weighted by molar-refractivity contribution is 0.355. The van der Waals surface area contributed by atoms with E-state index in [1.54, 1.807) is 14.2 Å². The zero-order valence-corrected chi connectivity index (χ0v) is 11.7. The number of benzene rings is 1. The molecule has 0 saturated carbocycles. The Morgan fingerprint density at radius 1 is 1.00 bits per heavy atom. The second kappa shape index (κ2) is 8.62. The zero-order valence-electron chi connectivity index (χ0n) is 11.7. The minimum absolute atomic E-state index is 0.776. The van der Waals surface area contributed by atoms with Gasteiger partial charge in [-0.3, -0.25) is 0 Å². The van der Waals surface area contributed by atoms with E-state index in [1.807, 2.05) is 18.2 Å². The quantitative estimate of drug-likeness (QED) is 0.621. The first-order valence-electron chi connectivity index (χ1n) is 6.70. The number of methoxy groups -OCH3 is 2. The molecule has 18 heavy (non-hydrogen) atoms. The Hall–Kier alpha value is -1.44. The summed E-state index contributed by atoms with van der Waals surface area (Å²) >= 11 is 0. The molecule has 0 bridgehead atoms. The molecule has 2 heteroatoms. The molecule has 1 aromatic carbocycles. The molecule has 0 amide bonds. The SMILES string of the molecule is CCCCCC/C=C/c1ccc(OC)c(OC)c1. The summed E-state index contributed by atoms with van der Waals surface area (Å²) in [5.41, 5.74) is 1.16. The van der Waals surface area contributed by atoms with Crippen molar-refractivity contribution in [3.63, 3.8) is 0 Å². The molecule has 0 aliphatic heterocycles. The Labute approximate surface area is 111 Å². The summed E-state index contributed by atoms with van der Waals surface area (Å²) in [6, 6.07) is 5.99. The first-order chi connectivity index (χ1) is 8.81. The van der Waals surface area contributed by atoms with Crippen molar-refractivity contribution in [2.45, 2.75) is 39.0 Å². The minimum atomic E-state index is 0.776. The molecule has 0 aliphatic carbocycles. The predicted molar refractivity (Wildman–Crippen MR) is 77.3 cm³/mol. The molecule has 0 spiro atoms. The van der Waals surface area contributed by atoms with Gasteiger partial charge in [0.25, 0.3) is 0 Å². The van der Waals surface area contributed by atoms with Crippen molar-refractivity contribution in [3.8, 4) is 11.5 Å². The van der Waals surface area contributed by atoms with E-state index in [2.05, 4.69) is 19.1 Å². The number of hydrogen-bond acceptors (Lipinski definition) is 2. The van der Waals surface area contributed by atoms with Crippen molar-refractivity contribution >= 4 is 6.08 Å². The van der Waals surface area contributed by atoms with Crippen LogP contribution in [0.4, 0.5) is 0 Å². The summed E-state index contributed by atoms with van der Waals surface area (Å²) in [5.74, 6) is 1.56. The van der Waals surface area contributed by atoms with Gasteiger partial charge < -0.3 is 9.47 Å². The van der Waals surface area contributed by atoms with E-state index in [4.69, 9.17) is 9.47 Å². The van der Waals surface area contributed by atoms with E-state index >= 15 is 0 Å². The molecule has 100 valence electrons. The fourth-order valence-corrected chi connectivity index (χ4v) is 1.86. The van der Waals surface area contributed by atoms with Crippen molar-refractivity contribution in [3.05, 3.63) is 29.8 Å². The van der Waals surface area contributed by atoms with Crippen LogP contribution in [0, 0.1) is 0 Å². The maximum Gasteiger partial charge on any atom is 0.161 e. The summed E-state index contributed by atoms with van der Waals surface area (Å²) in [6.07, 6.45) is 10.8. The normalized spacial score (nSPS) is 10.8. The zero-order chi connectivity index (χ0) is 13.2.